The second-order valence-electron chi connectivity index (χ2n) is 8.51. The molecule has 2 aromatic rings. The zero-order valence-electron chi connectivity index (χ0n) is 22.5. The Morgan fingerprint density at radius 2 is 1.76 bits per heavy atom. The lowest BCUT2D eigenvalue weighted by Crippen LogP contribution is -2.19. The van der Waals surface area contributed by atoms with Crippen molar-refractivity contribution in [3.05, 3.63) is 107 Å². The summed E-state index contributed by atoms with van der Waals surface area (Å²) >= 11 is 12.4. The van der Waals surface area contributed by atoms with Gasteiger partial charge in [-0.05, 0) is 73.1 Å². The summed E-state index contributed by atoms with van der Waals surface area (Å²) < 4.78 is 0. The molecule has 0 aromatic heterocycles. The lowest BCUT2D eigenvalue weighted by Gasteiger charge is -2.27. The van der Waals surface area contributed by atoms with E-state index in [2.05, 4.69) is 74.2 Å². The SMILES string of the molecule is C=C.C=C(/N=C(\C=C/C)CCc1ccc(C(C)(C)c2cc(Cl)c(CCCCl)c(C#N)c2)cc1)NC.C=O. The number of hydrogen-bond acceptors (Lipinski definition) is 4. The van der Waals surface area contributed by atoms with Crippen molar-refractivity contribution in [2.75, 3.05) is 12.9 Å². The quantitative estimate of drug-likeness (QED) is 0.179. The van der Waals surface area contributed by atoms with Crippen LogP contribution in [-0.2, 0) is 23.1 Å². The molecule has 0 radical (unpaired) electrons. The number of carbonyl (C=O) groups is 1. The van der Waals surface area contributed by atoms with Gasteiger partial charge in [-0.2, -0.15) is 5.26 Å². The van der Waals surface area contributed by atoms with Gasteiger partial charge in [0, 0.05) is 29.1 Å². The van der Waals surface area contributed by atoms with Crippen molar-refractivity contribution in [1.82, 2.24) is 5.32 Å². The fourth-order valence-corrected chi connectivity index (χ4v) is 4.17. The molecule has 0 heterocycles. The molecule has 37 heavy (non-hydrogen) atoms. The number of carbonyl (C=O) groups excluding carboxylic acids is 1. The maximum absolute atomic E-state index is 9.69. The molecule has 198 valence electrons. The summed E-state index contributed by atoms with van der Waals surface area (Å²) in [7, 11) is 1.82. The van der Waals surface area contributed by atoms with Crippen molar-refractivity contribution in [2.45, 2.75) is 51.9 Å². The number of benzene rings is 2. The molecular formula is C31H39Cl2N3O. The van der Waals surface area contributed by atoms with Crippen LogP contribution in [-0.4, -0.2) is 25.4 Å². The van der Waals surface area contributed by atoms with Gasteiger partial charge in [0.05, 0.1) is 11.6 Å². The number of hydrogen-bond donors (Lipinski definition) is 1. The van der Waals surface area contributed by atoms with E-state index in [-0.39, 0.29) is 5.41 Å². The molecule has 4 nitrogen and oxygen atoms in total. The van der Waals surface area contributed by atoms with Crippen molar-refractivity contribution in [2.24, 2.45) is 4.99 Å². The number of halogens is 2. The third-order valence-corrected chi connectivity index (χ3v) is 6.47. The van der Waals surface area contributed by atoms with Gasteiger partial charge in [0.2, 0.25) is 0 Å². The van der Waals surface area contributed by atoms with Gasteiger partial charge in [-0.25, -0.2) is 4.99 Å². The molecule has 0 aliphatic heterocycles. The zero-order chi connectivity index (χ0) is 28.4. The summed E-state index contributed by atoms with van der Waals surface area (Å²) in [6.07, 6.45) is 7.24. The fraction of sp³-hybridized carbons (Fsp3) is 0.323. The molecule has 6 heteroatoms. The molecule has 0 fully saturated rings. The highest BCUT2D eigenvalue weighted by molar-refractivity contribution is 6.31. The van der Waals surface area contributed by atoms with E-state index >= 15 is 0 Å². The van der Waals surface area contributed by atoms with E-state index in [1.54, 1.807) is 0 Å². The predicted octanol–water partition coefficient (Wildman–Crippen LogP) is 7.97. The highest BCUT2D eigenvalue weighted by Gasteiger charge is 2.25. The van der Waals surface area contributed by atoms with Crippen LogP contribution in [0.5, 0.6) is 0 Å². The molecule has 0 unspecified atom stereocenters. The average molecular weight is 541 g/mol. The Morgan fingerprint density at radius 1 is 1.14 bits per heavy atom. The van der Waals surface area contributed by atoms with Crippen LogP contribution in [0, 0.1) is 11.3 Å². The standard InChI is InChI=1S/C28H33Cl2N3.C2H4.CH2O/c1-6-8-25(33-20(2)32-5)15-12-21-10-13-23(14-11-21)28(3,4)24-17-22(19-31)26(9-7-16-29)27(30)18-24;2*1-2/h6,8,10-11,13-14,17-18,32H,2,7,9,12,15-16H2,1,3-5H3;1-2H2;1H2/b8-6-,33-25+;;. The monoisotopic (exact) mass is 539 g/mol. The minimum atomic E-state index is -0.291. The summed E-state index contributed by atoms with van der Waals surface area (Å²) in [6.45, 7) is 18.2. The lowest BCUT2D eigenvalue weighted by atomic mass is 9.77. The van der Waals surface area contributed by atoms with E-state index in [1.807, 2.05) is 45.0 Å². The van der Waals surface area contributed by atoms with Crippen LogP contribution in [0.4, 0.5) is 0 Å². The molecule has 0 saturated carbocycles. The van der Waals surface area contributed by atoms with Crippen molar-refractivity contribution in [1.29, 1.82) is 5.26 Å². The molecule has 2 aromatic carbocycles. The van der Waals surface area contributed by atoms with Gasteiger partial charge in [-0.15, -0.1) is 24.8 Å². The van der Waals surface area contributed by atoms with Gasteiger partial charge in [-0.1, -0.05) is 62.4 Å². The highest BCUT2D eigenvalue weighted by atomic mass is 35.5. The topological polar surface area (TPSA) is 65.2 Å². The third kappa shape index (κ3) is 10.4. The van der Waals surface area contributed by atoms with Crippen LogP contribution in [0.25, 0.3) is 0 Å². The van der Waals surface area contributed by atoms with Crippen LogP contribution in [0.1, 0.15) is 61.4 Å². The number of rotatable bonds is 11. The van der Waals surface area contributed by atoms with E-state index in [1.165, 1.54) is 11.1 Å². The third-order valence-electron chi connectivity index (χ3n) is 5.87. The largest absolute Gasteiger partial charge is 0.374 e. The summed E-state index contributed by atoms with van der Waals surface area (Å²) in [6, 6.07) is 14.9. The van der Waals surface area contributed by atoms with Crippen LogP contribution in [0.3, 0.4) is 0 Å². The number of alkyl halides is 1. The van der Waals surface area contributed by atoms with Gasteiger partial charge < -0.3 is 10.1 Å². The number of nitriles is 1. The minimum Gasteiger partial charge on any atom is -0.374 e. The first kappa shape index (κ1) is 33.9. The first-order valence-electron chi connectivity index (χ1n) is 12.0. The molecule has 0 aliphatic rings. The van der Waals surface area contributed by atoms with Crippen LogP contribution < -0.4 is 5.32 Å². The molecule has 0 atom stereocenters. The molecule has 0 spiro atoms. The maximum atomic E-state index is 9.69. The maximum Gasteiger partial charge on any atom is 0.118 e. The van der Waals surface area contributed by atoms with E-state index in [9.17, 15) is 5.26 Å². The number of nitrogens with zero attached hydrogens (tertiary/aromatic N) is 2. The van der Waals surface area contributed by atoms with E-state index < -0.39 is 0 Å². The summed E-state index contributed by atoms with van der Waals surface area (Å²) in [4.78, 5) is 12.5. The van der Waals surface area contributed by atoms with Crippen LogP contribution in [0.2, 0.25) is 5.02 Å². The Kier molecular flexibility index (Phi) is 16.6. The Hall–Kier alpha value is -3.13. The highest BCUT2D eigenvalue weighted by Crippen LogP contribution is 2.35. The second kappa shape index (κ2) is 18.2. The summed E-state index contributed by atoms with van der Waals surface area (Å²) in [5.41, 5.74) is 5.66. The van der Waals surface area contributed by atoms with E-state index in [4.69, 9.17) is 28.0 Å². The Labute approximate surface area is 233 Å². The van der Waals surface area contributed by atoms with Crippen molar-refractivity contribution in [3.63, 3.8) is 0 Å². The molecule has 0 amide bonds. The Morgan fingerprint density at radius 3 is 2.27 bits per heavy atom. The Balaban J connectivity index is 0.00000308. The van der Waals surface area contributed by atoms with Gasteiger partial charge in [-0.3, -0.25) is 0 Å². The van der Waals surface area contributed by atoms with Crippen LogP contribution in [0.15, 0.2) is 79.1 Å². The van der Waals surface area contributed by atoms with Crippen molar-refractivity contribution >= 4 is 35.7 Å². The smallest absolute Gasteiger partial charge is 0.118 e. The van der Waals surface area contributed by atoms with Gasteiger partial charge >= 0.3 is 0 Å². The summed E-state index contributed by atoms with van der Waals surface area (Å²) in [5.74, 6) is 1.21. The van der Waals surface area contributed by atoms with Crippen molar-refractivity contribution in [3.8, 4) is 6.07 Å². The zero-order valence-corrected chi connectivity index (χ0v) is 24.1. The van der Waals surface area contributed by atoms with E-state index in [0.29, 0.717) is 28.7 Å². The summed E-state index contributed by atoms with van der Waals surface area (Å²) in [5, 5.41) is 13.3. The normalized spacial score (nSPS) is 11.0. The fourth-order valence-electron chi connectivity index (χ4n) is 3.72. The number of nitrogens with one attached hydrogen (secondary N) is 1. The van der Waals surface area contributed by atoms with Gasteiger partial charge in [0.25, 0.3) is 0 Å². The molecular weight excluding hydrogens is 501 g/mol. The van der Waals surface area contributed by atoms with E-state index in [0.717, 1.165) is 36.1 Å². The number of allylic oxidation sites excluding steroid dienone is 2. The predicted molar refractivity (Wildman–Crippen MR) is 161 cm³/mol. The molecule has 2 rings (SSSR count). The molecule has 0 bridgehead atoms. The van der Waals surface area contributed by atoms with Crippen LogP contribution >= 0.6 is 23.2 Å². The van der Waals surface area contributed by atoms with Gasteiger partial charge in [0.15, 0.2) is 0 Å². The first-order valence-corrected chi connectivity index (χ1v) is 12.9. The molecule has 0 saturated heterocycles. The minimum absolute atomic E-state index is 0.291. The second-order valence-corrected chi connectivity index (χ2v) is 9.30. The number of aryl methyl sites for hydroxylation is 1. The first-order chi connectivity index (χ1) is 17.8. The lowest BCUT2D eigenvalue weighted by molar-refractivity contribution is -0.0979. The Bertz CT molecular complexity index is 1090. The van der Waals surface area contributed by atoms with Gasteiger partial charge in [0.1, 0.15) is 12.6 Å². The number of aliphatic imine (C=N–C) groups is 1. The van der Waals surface area contributed by atoms with Crippen molar-refractivity contribution < 1.29 is 4.79 Å². The molecule has 0 aliphatic carbocycles. The average Bonchev–Trinajstić information content (AvgIpc) is 2.93. The molecule has 1 N–H and O–H groups in total.